The molecule has 1 unspecified atom stereocenters. The second kappa shape index (κ2) is 2.71. The fraction of sp³-hybridized carbons (Fsp3) is 0.700. The van der Waals surface area contributed by atoms with E-state index in [4.69, 9.17) is 4.74 Å². The van der Waals surface area contributed by atoms with Crippen molar-refractivity contribution in [3.8, 4) is 0 Å². The number of hydrogen-bond donors (Lipinski definition) is 0. The molecule has 1 aliphatic heterocycles. The molecule has 0 bridgehead atoms. The second-order valence-electron chi connectivity index (χ2n) is 4.94. The highest BCUT2D eigenvalue weighted by Crippen LogP contribution is 2.39. The van der Waals surface area contributed by atoms with Gasteiger partial charge >= 0.3 is 5.97 Å². The number of esters is 1. The highest BCUT2D eigenvalue weighted by atomic mass is 28.3. The molecule has 0 spiro atoms. The van der Waals surface area contributed by atoms with Gasteiger partial charge in [0.2, 0.25) is 0 Å². The molecule has 1 saturated carbocycles. The van der Waals surface area contributed by atoms with Crippen LogP contribution in [0.4, 0.5) is 0 Å². The van der Waals surface area contributed by atoms with Crippen LogP contribution in [0.1, 0.15) is 19.3 Å². The van der Waals surface area contributed by atoms with Crippen molar-refractivity contribution in [2.45, 2.75) is 45.0 Å². The first kappa shape index (κ1) is 9.00. The van der Waals surface area contributed by atoms with Crippen molar-refractivity contribution < 1.29 is 9.53 Å². The summed E-state index contributed by atoms with van der Waals surface area (Å²) in [4.78, 5) is 11.6. The molecule has 13 heavy (non-hydrogen) atoms. The third-order valence-electron chi connectivity index (χ3n) is 2.83. The van der Waals surface area contributed by atoms with Gasteiger partial charge in [0.1, 0.15) is 6.10 Å². The molecular formula is C10H16O2Si. The molecule has 2 nitrogen and oxygen atoms in total. The molecule has 3 heteroatoms. The molecule has 1 heterocycles. The van der Waals surface area contributed by atoms with Crippen molar-refractivity contribution in [2.75, 3.05) is 0 Å². The van der Waals surface area contributed by atoms with Crippen molar-refractivity contribution in [1.29, 1.82) is 0 Å². The van der Waals surface area contributed by atoms with Crippen molar-refractivity contribution in [3.05, 3.63) is 10.8 Å². The van der Waals surface area contributed by atoms with Crippen LogP contribution in [0.5, 0.6) is 0 Å². The minimum absolute atomic E-state index is 0.0149. The van der Waals surface area contributed by atoms with Gasteiger partial charge in [-0.3, -0.25) is 0 Å². The van der Waals surface area contributed by atoms with E-state index in [1.807, 2.05) is 0 Å². The topological polar surface area (TPSA) is 26.3 Å². The van der Waals surface area contributed by atoms with Crippen LogP contribution in [0.2, 0.25) is 19.6 Å². The van der Waals surface area contributed by atoms with Crippen molar-refractivity contribution >= 4 is 14.0 Å². The SMILES string of the molecule is C[Si](C)(C)C1=C2CCCC2OC1=O. The van der Waals surface area contributed by atoms with E-state index in [2.05, 4.69) is 19.6 Å². The maximum Gasteiger partial charge on any atom is 0.330 e. The molecule has 2 aliphatic rings. The van der Waals surface area contributed by atoms with E-state index >= 15 is 0 Å². The number of hydrogen-bond acceptors (Lipinski definition) is 2. The Morgan fingerprint density at radius 2 is 2.08 bits per heavy atom. The summed E-state index contributed by atoms with van der Waals surface area (Å²) in [6.45, 7) is 6.66. The van der Waals surface area contributed by atoms with Gasteiger partial charge in [-0.15, -0.1) is 0 Å². The molecule has 2 rings (SSSR count). The lowest BCUT2D eigenvalue weighted by Crippen LogP contribution is -2.28. The lowest BCUT2D eigenvalue weighted by atomic mass is 10.2. The minimum atomic E-state index is -1.47. The Morgan fingerprint density at radius 1 is 1.38 bits per heavy atom. The van der Waals surface area contributed by atoms with E-state index in [9.17, 15) is 4.79 Å². The number of fused-ring (bicyclic) bond motifs is 1. The zero-order valence-corrected chi connectivity index (χ0v) is 9.52. The van der Waals surface area contributed by atoms with Gasteiger partial charge in [0.05, 0.1) is 8.07 Å². The molecule has 1 fully saturated rings. The zero-order valence-electron chi connectivity index (χ0n) is 8.52. The minimum Gasteiger partial charge on any atom is -0.455 e. The summed E-state index contributed by atoms with van der Waals surface area (Å²) in [5.41, 5.74) is 1.34. The molecule has 0 aromatic heterocycles. The van der Waals surface area contributed by atoms with Gasteiger partial charge in [0.15, 0.2) is 0 Å². The highest BCUT2D eigenvalue weighted by molar-refractivity contribution is 6.87. The van der Waals surface area contributed by atoms with Crippen LogP contribution >= 0.6 is 0 Å². The summed E-state index contributed by atoms with van der Waals surface area (Å²) < 4.78 is 5.35. The molecule has 0 N–H and O–H groups in total. The lowest BCUT2D eigenvalue weighted by molar-refractivity contribution is -0.139. The fourth-order valence-corrected chi connectivity index (χ4v) is 4.26. The summed E-state index contributed by atoms with van der Waals surface area (Å²) in [6, 6.07) is 0. The quantitative estimate of drug-likeness (QED) is 0.475. The average Bonchev–Trinajstić information content (AvgIpc) is 2.41. The molecule has 72 valence electrons. The predicted molar refractivity (Wildman–Crippen MR) is 54.1 cm³/mol. The number of carbonyl (C=O) groups is 1. The Morgan fingerprint density at radius 3 is 2.69 bits per heavy atom. The van der Waals surface area contributed by atoms with Crippen molar-refractivity contribution in [2.24, 2.45) is 0 Å². The van der Waals surface area contributed by atoms with E-state index in [1.165, 1.54) is 12.0 Å². The van der Waals surface area contributed by atoms with Gasteiger partial charge < -0.3 is 4.74 Å². The molecule has 0 aromatic carbocycles. The van der Waals surface area contributed by atoms with Crippen LogP contribution in [0.3, 0.4) is 0 Å². The Kier molecular flexibility index (Phi) is 1.87. The van der Waals surface area contributed by atoms with Crippen molar-refractivity contribution in [1.82, 2.24) is 0 Å². The monoisotopic (exact) mass is 196 g/mol. The smallest absolute Gasteiger partial charge is 0.330 e. The molecule has 0 radical (unpaired) electrons. The normalized spacial score (nSPS) is 27.9. The van der Waals surface area contributed by atoms with Crippen LogP contribution < -0.4 is 0 Å². The van der Waals surface area contributed by atoms with Gasteiger partial charge in [-0.05, 0) is 24.8 Å². The maximum atomic E-state index is 11.6. The molecule has 0 aromatic rings. The first-order valence-electron chi connectivity index (χ1n) is 4.94. The standard InChI is InChI=1S/C10H16O2Si/c1-13(2,3)9-7-5-4-6-8(7)12-10(9)11/h8H,4-6H2,1-3H3. The molecule has 0 saturated heterocycles. The number of ether oxygens (including phenoxy) is 1. The Balaban J connectivity index is 2.43. The summed E-state index contributed by atoms with van der Waals surface area (Å²) in [5.74, 6) is -0.0149. The number of carbonyl (C=O) groups excluding carboxylic acids is 1. The van der Waals surface area contributed by atoms with Gasteiger partial charge in [-0.25, -0.2) is 4.79 Å². The molecule has 1 aliphatic carbocycles. The van der Waals surface area contributed by atoms with E-state index in [-0.39, 0.29) is 12.1 Å². The van der Waals surface area contributed by atoms with Gasteiger partial charge in [0.25, 0.3) is 0 Å². The third kappa shape index (κ3) is 1.35. The maximum absolute atomic E-state index is 11.6. The van der Waals surface area contributed by atoms with Crippen LogP contribution in [0.15, 0.2) is 10.8 Å². The second-order valence-corrected chi connectivity index (χ2v) is 9.94. The van der Waals surface area contributed by atoms with Gasteiger partial charge in [0, 0.05) is 5.20 Å². The lowest BCUT2D eigenvalue weighted by Gasteiger charge is -2.16. The fourth-order valence-electron chi connectivity index (χ4n) is 2.34. The largest absolute Gasteiger partial charge is 0.455 e. The van der Waals surface area contributed by atoms with E-state index in [1.54, 1.807) is 0 Å². The summed E-state index contributed by atoms with van der Waals surface area (Å²) in [5, 5.41) is 1.08. The first-order chi connectivity index (χ1) is 6.00. The first-order valence-corrected chi connectivity index (χ1v) is 8.44. The van der Waals surface area contributed by atoms with E-state index < -0.39 is 8.07 Å². The van der Waals surface area contributed by atoms with Crippen LogP contribution in [-0.2, 0) is 9.53 Å². The molecule has 0 amide bonds. The Bertz CT molecular complexity index is 286. The van der Waals surface area contributed by atoms with Crippen LogP contribution in [-0.4, -0.2) is 20.1 Å². The number of rotatable bonds is 1. The summed E-state index contributed by atoms with van der Waals surface area (Å²) >= 11 is 0. The van der Waals surface area contributed by atoms with Gasteiger partial charge in [-0.1, -0.05) is 19.6 Å². The van der Waals surface area contributed by atoms with Crippen molar-refractivity contribution in [3.63, 3.8) is 0 Å². The Labute approximate surface area is 80.0 Å². The Hall–Kier alpha value is -0.573. The highest BCUT2D eigenvalue weighted by Gasteiger charge is 2.42. The molecule has 1 atom stereocenters. The van der Waals surface area contributed by atoms with Crippen LogP contribution in [0.25, 0.3) is 0 Å². The van der Waals surface area contributed by atoms with Crippen LogP contribution in [0, 0.1) is 0 Å². The van der Waals surface area contributed by atoms with E-state index in [0.717, 1.165) is 18.0 Å². The third-order valence-corrected chi connectivity index (χ3v) is 4.85. The predicted octanol–water partition coefficient (Wildman–Crippen LogP) is 2.27. The average molecular weight is 196 g/mol. The molecular weight excluding hydrogens is 180 g/mol. The van der Waals surface area contributed by atoms with Gasteiger partial charge in [-0.2, -0.15) is 0 Å². The zero-order chi connectivity index (χ0) is 9.64. The summed E-state index contributed by atoms with van der Waals surface area (Å²) in [6.07, 6.45) is 3.50. The van der Waals surface area contributed by atoms with E-state index in [0.29, 0.717) is 0 Å². The summed E-state index contributed by atoms with van der Waals surface area (Å²) in [7, 11) is -1.47.